The zero-order chi connectivity index (χ0) is 8.36. The first-order valence-electron chi connectivity index (χ1n) is 3.25. The molecule has 0 rings (SSSR count). The zero-order valence-corrected chi connectivity index (χ0v) is 6.50. The number of rotatable bonds is 3. The molecule has 0 bridgehead atoms. The standard InChI is InChI=1S/C6H13NO3/c1-4-5(8)6(2,3)7(9)10/h5,8H,4H2,1-3H3. The molecule has 0 radical (unpaired) electrons. The Kier molecular flexibility index (Phi) is 2.77. The minimum atomic E-state index is -1.21. The van der Waals surface area contributed by atoms with Crippen molar-refractivity contribution in [2.24, 2.45) is 0 Å². The summed E-state index contributed by atoms with van der Waals surface area (Å²) in [4.78, 5) is 9.81. The fourth-order valence-electron chi connectivity index (χ4n) is 0.621. The van der Waals surface area contributed by atoms with Crippen molar-refractivity contribution >= 4 is 0 Å². The highest BCUT2D eigenvalue weighted by Crippen LogP contribution is 2.15. The number of hydrogen-bond donors (Lipinski definition) is 1. The van der Waals surface area contributed by atoms with Crippen LogP contribution in [0.3, 0.4) is 0 Å². The average Bonchev–Trinajstić information content (AvgIpc) is 1.86. The van der Waals surface area contributed by atoms with Gasteiger partial charge in [0.25, 0.3) is 0 Å². The van der Waals surface area contributed by atoms with E-state index in [-0.39, 0.29) is 0 Å². The summed E-state index contributed by atoms with van der Waals surface area (Å²) in [7, 11) is 0. The van der Waals surface area contributed by atoms with E-state index in [1.165, 1.54) is 13.8 Å². The van der Waals surface area contributed by atoms with Crippen LogP contribution in [-0.4, -0.2) is 21.7 Å². The van der Waals surface area contributed by atoms with Gasteiger partial charge in [-0.25, -0.2) is 0 Å². The molecule has 1 N–H and O–H groups in total. The molecule has 0 aromatic carbocycles. The number of aliphatic hydroxyl groups is 1. The van der Waals surface area contributed by atoms with Gasteiger partial charge in [-0.1, -0.05) is 6.92 Å². The van der Waals surface area contributed by atoms with E-state index in [4.69, 9.17) is 5.11 Å². The maximum absolute atomic E-state index is 10.3. The number of aliphatic hydroxyl groups excluding tert-OH is 1. The van der Waals surface area contributed by atoms with E-state index in [0.29, 0.717) is 6.42 Å². The second kappa shape index (κ2) is 2.96. The van der Waals surface area contributed by atoms with Gasteiger partial charge >= 0.3 is 0 Å². The Balaban J connectivity index is 4.23. The van der Waals surface area contributed by atoms with Gasteiger partial charge < -0.3 is 5.11 Å². The molecule has 4 nitrogen and oxygen atoms in total. The van der Waals surface area contributed by atoms with E-state index in [1.807, 2.05) is 0 Å². The van der Waals surface area contributed by atoms with Crippen LogP contribution in [0.4, 0.5) is 0 Å². The van der Waals surface area contributed by atoms with Gasteiger partial charge in [-0.2, -0.15) is 0 Å². The summed E-state index contributed by atoms with van der Waals surface area (Å²) in [5, 5.41) is 19.4. The predicted octanol–water partition coefficient (Wildman–Crippen LogP) is 0.813. The molecule has 0 aliphatic rings. The third-order valence-electron chi connectivity index (χ3n) is 1.67. The van der Waals surface area contributed by atoms with Crippen LogP contribution in [0.25, 0.3) is 0 Å². The molecule has 0 aromatic heterocycles. The van der Waals surface area contributed by atoms with Crippen LogP contribution in [0.5, 0.6) is 0 Å². The van der Waals surface area contributed by atoms with Crippen molar-refractivity contribution < 1.29 is 10.0 Å². The van der Waals surface area contributed by atoms with Crippen LogP contribution >= 0.6 is 0 Å². The Bertz CT molecular complexity index is 133. The maximum atomic E-state index is 10.3. The highest BCUT2D eigenvalue weighted by atomic mass is 16.6. The van der Waals surface area contributed by atoms with Gasteiger partial charge in [0.15, 0.2) is 0 Å². The van der Waals surface area contributed by atoms with Crippen LogP contribution in [0, 0.1) is 10.1 Å². The minimum absolute atomic E-state index is 0.411. The van der Waals surface area contributed by atoms with E-state index in [9.17, 15) is 10.1 Å². The molecule has 0 aliphatic heterocycles. The second-order valence-corrected chi connectivity index (χ2v) is 2.83. The van der Waals surface area contributed by atoms with Crippen LogP contribution in [-0.2, 0) is 0 Å². The summed E-state index contributed by atoms with van der Waals surface area (Å²) in [6.45, 7) is 4.55. The fraction of sp³-hybridized carbons (Fsp3) is 1.00. The lowest BCUT2D eigenvalue weighted by atomic mass is 9.97. The van der Waals surface area contributed by atoms with Crippen molar-refractivity contribution in [3.8, 4) is 0 Å². The van der Waals surface area contributed by atoms with Crippen molar-refractivity contribution in [1.82, 2.24) is 0 Å². The van der Waals surface area contributed by atoms with Crippen LogP contribution in [0.15, 0.2) is 0 Å². The predicted molar refractivity (Wildman–Crippen MR) is 37.4 cm³/mol. The van der Waals surface area contributed by atoms with E-state index < -0.39 is 16.6 Å². The van der Waals surface area contributed by atoms with Crippen LogP contribution < -0.4 is 0 Å². The summed E-state index contributed by atoms with van der Waals surface area (Å²) < 4.78 is 0. The summed E-state index contributed by atoms with van der Waals surface area (Å²) in [6, 6.07) is 0. The molecule has 0 saturated carbocycles. The minimum Gasteiger partial charge on any atom is -0.386 e. The molecule has 0 aliphatic carbocycles. The van der Waals surface area contributed by atoms with Gasteiger partial charge in [0.1, 0.15) is 6.10 Å². The number of nitrogens with zero attached hydrogens (tertiary/aromatic N) is 1. The van der Waals surface area contributed by atoms with Crippen LogP contribution in [0.1, 0.15) is 27.2 Å². The first-order chi connectivity index (χ1) is 4.42. The largest absolute Gasteiger partial charge is 0.386 e. The first kappa shape index (κ1) is 9.36. The highest BCUT2D eigenvalue weighted by Gasteiger charge is 2.38. The van der Waals surface area contributed by atoms with Gasteiger partial charge in [0, 0.05) is 18.8 Å². The topological polar surface area (TPSA) is 63.4 Å². The Labute approximate surface area is 60.0 Å². The van der Waals surface area contributed by atoms with Crippen molar-refractivity contribution in [2.45, 2.75) is 38.8 Å². The fourth-order valence-corrected chi connectivity index (χ4v) is 0.621. The quantitative estimate of drug-likeness (QED) is 0.474. The molecule has 0 spiro atoms. The van der Waals surface area contributed by atoms with Gasteiger partial charge in [-0.05, 0) is 6.42 Å². The van der Waals surface area contributed by atoms with Crippen LogP contribution in [0.2, 0.25) is 0 Å². The molecule has 60 valence electrons. The van der Waals surface area contributed by atoms with Gasteiger partial charge in [0.05, 0.1) is 0 Å². The van der Waals surface area contributed by atoms with E-state index >= 15 is 0 Å². The van der Waals surface area contributed by atoms with Crippen molar-refractivity contribution in [3.63, 3.8) is 0 Å². The molecular formula is C6H13NO3. The molecular weight excluding hydrogens is 134 g/mol. The lowest BCUT2D eigenvalue weighted by Crippen LogP contribution is -2.43. The molecule has 0 fully saturated rings. The Morgan fingerprint density at radius 3 is 2.20 bits per heavy atom. The monoisotopic (exact) mass is 147 g/mol. The van der Waals surface area contributed by atoms with Gasteiger partial charge in [-0.3, -0.25) is 10.1 Å². The second-order valence-electron chi connectivity index (χ2n) is 2.83. The normalized spacial score (nSPS) is 14.8. The SMILES string of the molecule is CCC(O)C(C)(C)[N+](=O)[O-]. The summed E-state index contributed by atoms with van der Waals surface area (Å²) >= 11 is 0. The summed E-state index contributed by atoms with van der Waals surface area (Å²) in [5.74, 6) is 0. The number of nitro groups is 1. The summed E-state index contributed by atoms with van der Waals surface area (Å²) in [5.41, 5.74) is -1.21. The molecule has 4 heteroatoms. The van der Waals surface area contributed by atoms with Crippen molar-refractivity contribution in [2.75, 3.05) is 0 Å². The highest BCUT2D eigenvalue weighted by molar-refractivity contribution is 4.75. The Morgan fingerprint density at radius 2 is 2.10 bits per heavy atom. The lowest BCUT2D eigenvalue weighted by Gasteiger charge is -2.20. The average molecular weight is 147 g/mol. The molecule has 0 heterocycles. The van der Waals surface area contributed by atoms with Gasteiger partial charge in [0.2, 0.25) is 5.54 Å². The first-order valence-corrected chi connectivity index (χ1v) is 3.25. The number of hydrogen-bond acceptors (Lipinski definition) is 3. The third kappa shape index (κ3) is 1.67. The smallest absolute Gasteiger partial charge is 0.242 e. The molecule has 0 saturated heterocycles. The zero-order valence-electron chi connectivity index (χ0n) is 6.50. The van der Waals surface area contributed by atoms with E-state index in [1.54, 1.807) is 6.92 Å². The van der Waals surface area contributed by atoms with Crippen molar-refractivity contribution in [1.29, 1.82) is 0 Å². The lowest BCUT2D eigenvalue weighted by molar-refractivity contribution is -0.573. The van der Waals surface area contributed by atoms with Gasteiger partial charge in [-0.15, -0.1) is 0 Å². The molecule has 0 aromatic rings. The summed E-state index contributed by atoms with van der Waals surface area (Å²) in [6.07, 6.45) is -0.448. The van der Waals surface area contributed by atoms with E-state index in [2.05, 4.69) is 0 Å². The third-order valence-corrected chi connectivity index (χ3v) is 1.67. The Morgan fingerprint density at radius 1 is 1.70 bits per heavy atom. The Hall–Kier alpha value is -0.640. The maximum Gasteiger partial charge on any atom is 0.242 e. The molecule has 0 amide bonds. The van der Waals surface area contributed by atoms with Crippen molar-refractivity contribution in [3.05, 3.63) is 10.1 Å². The van der Waals surface area contributed by atoms with E-state index in [0.717, 1.165) is 0 Å². The molecule has 1 atom stereocenters. The molecule has 1 unspecified atom stereocenters. The molecule has 10 heavy (non-hydrogen) atoms.